The van der Waals surface area contributed by atoms with Crippen LogP contribution in [0.4, 0.5) is 0 Å². The molecule has 1 rings (SSSR count). The van der Waals surface area contributed by atoms with E-state index in [1.165, 1.54) is 5.57 Å². The fraction of sp³-hybridized carbons (Fsp3) is 0.500. The predicted molar refractivity (Wildman–Crippen MR) is 66.2 cm³/mol. The minimum absolute atomic E-state index is 0.170. The van der Waals surface area contributed by atoms with E-state index in [4.69, 9.17) is 5.11 Å². The minimum atomic E-state index is -0.170. The highest BCUT2D eigenvalue weighted by atomic mass is 16.2. The number of carbonyl (C=O) groups excluding carboxylic acids is 1. The molecule has 1 N–H and O–H groups in total. The summed E-state index contributed by atoms with van der Waals surface area (Å²) >= 11 is 0. The maximum Gasteiger partial charge on any atom is 0.181 e. The first-order chi connectivity index (χ1) is 7.47. The van der Waals surface area contributed by atoms with Crippen LogP contribution in [0.15, 0.2) is 36.1 Å². The van der Waals surface area contributed by atoms with Gasteiger partial charge in [-0.2, -0.15) is 0 Å². The van der Waals surface area contributed by atoms with Crippen LogP contribution in [0, 0.1) is 11.3 Å². The molecule has 88 valence electrons. The average molecular weight is 220 g/mol. The van der Waals surface area contributed by atoms with E-state index in [1.54, 1.807) is 6.08 Å². The molecule has 0 saturated heterocycles. The van der Waals surface area contributed by atoms with E-state index in [9.17, 15) is 4.79 Å². The molecular formula is C14H20O2. The van der Waals surface area contributed by atoms with Crippen molar-refractivity contribution < 1.29 is 9.90 Å². The lowest BCUT2D eigenvalue weighted by molar-refractivity contribution is -0.110. The van der Waals surface area contributed by atoms with Gasteiger partial charge in [-0.1, -0.05) is 31.6 Å². The molecule has 1 atom stereocenters. The summed E-state index contributed by atoms with van der Waals surface area (Å²) in [6, 6.07) is 0. The molecule has 16 heavy (non-hydrogen) atoms. The van der Waals surface area contributed by atoms with E-state index in [-0.39, 0.29) is 11.2 Å². The second-order valence-electron chi connectivity index (χ2n) is 5.03. The molecule has 0 aliphatic heterocycles. The lowest BCUT2D eigenvalue weighted by Gasteiger charge is -2.36. The van der Waals surface area contributed by atoms with Gasteiger partial charge < -0.3 is 5.11 Å². The molecule has 0 radical (unpaired) electrons. The summed E-state index contributed by atoms with van der Waals surface area (Å²) in [5.41, 5.74) is 1.53. The second-order valence-corrected chi connectivity index (χ2v) is 5.03. The zero-order valence-corrected chi connectivity index (χ0v) is 10.2. The van der Waals surface area contributed by atoms with Gasteiger partial charge in [-0.3, -0.25) is 4.79 Å². The van der Waals surface area contributed by atoms with Gasteiger partial charge in [0.05, 0.1) is 6.26 Å². The van der Waals surface area contributed by atoms with Crippen LogP contribution >= 0.6 is 0 Å². The van der Waals surface area contributed by atoms with E-state index in [1.807, 2.05) is 6.08 Å². The van der Waals surface area contributed by atoms with Crippen molar-refractivity contribution in [3.63, 3.8) is 0 Å². The van der Waals surface area contributed by atoms with Gasteiger partial charge in [0, 0.05) is 12.0 Å². The molecule has 0 saturated carbocycles. The molecule has 0 aromatic heterocycles. The summed E-state index contributed by atoms with van der Waals surface area (Å²) in [6.07, 6.45) is 9.94. The highest BCUT2D eigenvalue weighted by Gasteiger charge is 2.30. The van der Waals surface area contributed by atoms with Crippen molar-refractivity contribution in [2.75, 3.05) is 0 Å². The molecule has 0 aromatic rings. The van der Waals surface area contributed by atoms with Crippen LogP contribution < -0.4 is 0 Å². The standard InChI is InChI=1S/C14H20O2/c1-11-5-4-9-14(2,3)13(11)7-6-12(16)8-10-15/h5-8,10,13,15H,4,9H2,1-3H3/b7-6+,10-8+. The van der Waals surface area contributed by atoms with Crippen molar-refractivity contribution in [2.45, 2.75) is 33.6 Å². The van der Waals surface area contributed by atoms with Crippen LogP contribution in [0.3, 0.4) is 0 Å². The summed E-state index contributed by atoms with van der Waals surface area (Å²) in [5.74, 6) is 0.147. The molecule has 0 heterocycles. The molecule has 1 aliphatic rings. The Morgan fingerprint density at radius 1 is 1.50 bits per heavy atom. The van der Waals surface area contributed by atoms with Gasteiger partial charge in [0.2, 0.25) is 0 Å². The highest BCUT2D eigenvalue weighted by molar-refractivity contribution is 5.98. The Morgan fingerprint density at radius 3 is 2.75 bits per heavy atom. The second kappa shape index (κ2) is 5.15. The molecule has 0 bridgehead atoms. The Kier molecular flexibility index (Phi) is 4.11. The molecule has 2 nitrogen and oxygen atoms in total. The smallest absolute Gasteiger partial charge is 0.181 e. The normalized spacial score (nSPS) is 24.9. The zero-order chi connectivity index (χ0) is 12.2. The van der Waals surface area contributed by atoms with Gasteiger partial charge in [0.15, 0.2) is 5.78 Å². The molecule has 0 fully saturated rings. The summed E-state index contributed by atoms with van der Waals surface area (Å²) < 4.78 is 0. The molecular weight excluding hydrogens is 200 g/mol. The lowest BCUT2D eigenvalue weighted by Crippen LogP contribution is -2.26. The number of allylic oxidation sites excluding steroid dienone is 5. The fourth-order valence-electron chi connectivity index (χ4n) is 2.30. The summed E-state index contributed by atoms with van der Waals surface area (Å²) in [4.78, 5) is 11.3. The Bertz CT molecular complexity index is 346. The molecule has 1 aliphatic carbocycles. The fourth-order valence-corrected chi connectivity index (χ4v) is 2.30. The van der Waals surface area contributed by atoms with Crippen molar-refractivity contribution in [3.8, 4) is 0 Å². The Labute approximate surface area is 97.4 Å². The van der Waals surface area contributed by atoms with Gasteiger partial charge in [-0.05, 0) is 31.3 Å². The summed E-state index contributed by atoms with van der Waals surface area (Å²) in [5, 5.41) is 8.48. The van der Waals surface area contributed by atoms with E-state index in [0.717, 1.165) is 25.2 Å². The van der Waals surface area contributed by atoms with Gasteiger partial charge in [0.1, 0.15) is 0 Å². The molecule has 2 heteroatoms. The summed E-state index contributed by atoms with van der Waals surface area (Å²) in [6.45, 7) is 6.57. The topological polar surface area (TPSA) is 37.3 Å². The Hall–Kier alpha value is -1.31. The quantitative estimate of drug-likeness (QED) is 0.448. The average Bonchev–Trinajstić information content (AvgIpc) is 2.16. The van der Waals surface area contributed by atoms with E-state index in [0.29, 0.717) is 5.92 Å². The van der Waals surface area contributed by atoms with Crippen LogP contribution in [0.5, 0.6) is 0 Å². The maximum absolute atomic E-state index is 11.3. The number of carbonyl (C=O) groups is 1. The largest absolute Gasteiger partial charge is 0.515 e. The lowest BCUT2D eigenvalue weighted by atomic mass is 9.68. The van der Waals surface area contributed by atoms with Crippen LogP contribution in [0.1, 0.15) is 33.6 Å². The van der Waals surface area contributed by atoms with Crippen molar-refractivity contribution in [1.29, 1.82) is 0 Å². The van der Waals surface area contributed by atoms with Gasteiger partial charge in [-0.25, -0.2) is 0 Å². The van der Waals surface area contributed by atoms with Gasteiger partial charge in [-0.15, -0.1) is 0 Å². The van der Waals surface area contributed by atoms with Crippen LogP contribution in [0.25, 0.3) is 0 Å². The first-order valence-corrected chi connectivity index (χ1v) is 5.67. The Morgan fingerprint density at radius 2 is 2.19 bits per heavy atom. The third kappa shape index (κ3) is 3.09. The zero-order valence-electron chi connectivity index (χ0n) is 10.2. The molecule has 0 amide bonds. The van der Waals surface area contributed by atoms with Crippen molar-refractivity contribution >= 4 is 5.78 Å². The van der Waals surface area contributed by atoms with Gasteiger partial charge in [0.25, 0.3) is 0 Å². The molecule has 0 spiro atoms. The van der Waals surface area contributed by atoms with Crippen molar-refractivity contribution in [3.05, 3.63) is 36.1 Å². The number of aliphatic hydroxyl groups is 1. The van der Waals surface area contributed by atoms with Crippen LogP contribution in [-0.2, 0) is 4.79 Å². The van der Waals surface area contributed by atoms with Crippen molar-refractivity contribution in [1.82, 2.24) is 0 Å². The Balaban J connectivity index is 2.81. The number of aliphatic hydroxyl groups excluding tert-OH is 1. The maximum atomic E-state index is 11.3. The number of rotatable bonds is 3. The molecule has 0 aromatic carbocycles. The summed E-state index contributed by atoms with van der Waals surface area (Å²) in [7, 11) is 0. The van der Waals surface area contributed by atoms with Crippen molar-refractivity contribution in [2.24, 2.45) is 11.3 Å². The highest BCUT2D eigenvalue weighted by Crippen LogP contribution is 2.41. The van der Waals surface area contributed by atoms with Crippen LogP contribution in [-0.4, -0.2) is 10.9 Å². The van der Waals surface area contributed by atoms with E-state index >= 15 is 0 Å². The third-order valence-corrected chi connectivity index (χ3v) is 3.28. The first kappa shape index (κ1) is 12.8. The third-order valence-electron chi connectivity index (χ3n) is 3.28. The van der Waals surface area contributed by atoms with E-state index in [2.05, 4.69) is 26.8 Å². The monoisotopic (exact) mass is 220 g/mol. The minimum Gasteiger partial charge on any atom is -0.515 e. The number of hydrogen-bond acceptors (Lipinski definition) is 2. The molecule has 1 unspecified atom stereocenters. The number of hydrogen-bond donors (Lipinski definition) is 1. The van der Waals surface area contributed by atoms with Gasteiger partial charge >= 0.3 is 0 Å². The van der Waals surface area contributed by atoms with Crippen LogP contribution in [0.2, 0.25) is 0 Å². The SMILES string of the molecule is CC1=CCCC(C)(C)C1/C=C/C(=O)/C=C/O. The number of ketones is 1. The van der Waals surface area contributed by atoms with E-state index < -0.39 is 0 Å². The first-order valence-electron chi connectivity index (χ1n) is 5.67. The predicted octanol–water partition coefficient (Wildman–Crippen LogP) is 3.57.